The number of amides is 1. The summed E-state index contributed by atoms with van der Waals surface area (Å²) in [6.07, 6.45) is 4.46. The molecule has 158 valence electrons. The average molecular weight is 408 g/mol. The third-order valence-electron chi connectivity index (χ3n) is 5.51. The predicted octanol–water partition coefficient (Wildman–Crippen LogP) is 2.07. The van der Waals surface area contributed by atoms with Crippen LogP contribution in [0.25, 0.3) is 10.9 Å². The van der Waals surface area contributed by atoms with Gasteiger partial charge in [0.2, 0.25) is 5.91 Å². The van der Waals surface area contributed by atoms with Crippen LogP contribution in [-0.2, 0) is 18.3 Å². The zero-order valence-corrected chi connectivity index (χ0v) is 17.9. The molecule has 0 saturated carbocycles. The number of rotatable bonds is 5. The van der Waals surface area contributed by atoms with E-state index in [9.17, 15) is 4.79 Å². The summed E-state index contributed by atoms with van der Waals surface area (Å²) < 4.78 is 1.72. The van der Waals surface area contributed by atoms with Gasteiger partial charge in [0.15, 0.2) is 5.96 Å². The molecule has 1 fully saturated rings. The maximum atomic E-state index is 12.7. The van der Waals surface area contributed by atoms with E-state index in [1.54, 1.807) is 15.8 Å². The Kier molecular flexibility index (Phi) is 5.74. The number of guanidine groups is 1. The maximum Gasteiger partial charge on any atom is 0.246 e. The Morgan fingerprint density at radius 2 is 2.13 bits per heavy atom. The van der Waals surface area contributed by atoms with Crippen LogP contribution in [0.4, 0.5) is 5.69 Å². The summed E-state index contributed by atoms with van der Waals surface area (Å²) in [5.74, 6) is 0.863. The van der Waals surface area contributed by atoms with Gasteiger partial charge in [-0.2, -0.15) is 5.10 Å². The summed E-state index contributed by atoms with van der Waals surface area (Å²) in [4.78, 5) is 24.8. The molecule has 1 amide bonds. The third-order valence-corrected chi connectivity index (χ3v) is 5.51. The van der Waals surface area contributed by atoms with Crippen LogP contribution in [0.1, 0.15) is 18.2 Å². The number of aliphatic imine (C=N–C) groups is 1. The van der Waals surface area contributed by atoms with Gasteiger partial charge in [-0.1, -0.05) is 18.2 Å². The molecule has 0 spiro atoms. The minimum atomic E-state index is 0.0623. The Labute approximate surface area is 176 Å². The molecule has 1 aliphatic heterocycles. The topological polar surface area (TPSA) is 81.6 Å². The van der Waals surface area contributed by atoms with Gasteiger partial charge in [0, 0.05) is 56.0 Å². The van der Waals surface area contributed by atoms with E-state index in [1.807, 2.05) is 31.1 Å². The lowest BCUT2D eigenvalue weighted by Gasteiger charge is -2.35. The number of hydrogen-bond donors (Lipinski definition) is 2. The van der Waals surface area contributed by atoms with Crippen LogP contribution >= 0.6 is 0 Å². The van der Waals surface area contributed by atoms with Crippen molar-refractivity contribution in [2.24, 2.45) is 12.0 Å². The Morgan fingerprint density at radius 3 is 2.87 bits per heavy atom. The van der Waals surface area contributed by atoms with Gasteiger partial charge in [-0.3, -0.25) is 14.5 Å². The van der Waals surface area contributed by atoms with Crippen LogP contribution in [0.3, 0.4) is 0 Å². The molecular formula is C22H29N7O. The molecule has 8 nitrogen and oxygen atoms in total. The Balaban J connectivity index is 1.44. The van der Waals surface area contributed by atoms with Crippen LogP contribution in [0.15, 0.2) is 41.7 Å². The highest BCUT2D eigenvalue weighted by molar-refractivity contribution is 5.98. The fourth-order valence-corrected chi connectivity index (χ4v) is 4.03. The van der Waals surface area contributed by atoms with Crippen LogP contribution in [0.2, 0.25) is 0 Å². The van der Waals surface area contributed by atoms with E-state index in [4.69, 9.17) is 4.99 Å². The normalized spacial score (nSPS) is 15.3. The van der Waals surface area contributed by atoms with Gasteiger partial charge >= 0.3 is 0 Å². The van der Waals surface area contributed by atoms with Crippen molar-refractivity contribution in [3.05, 3.63) is 47.9 Å². The number of carbonyl (C=O) groups is 1. The summed E-state index contributed by atoms with van der Waals surface area (Å²) in [5, 5.41) is 8.78. The van der Waals surface area contributed by atoms with Gasteiger partial charge in [0.25, 0.3) is 0 Å². The molecule has 1 aromatic carbocycles. The number of H-pyrrole nitrogens is 1. The SMILES string of the molecule is CCNC(=NCCc1c(C)[nH]c2ccccc12)N1CCN(c2cnn(C)c2)C(=O)C1. The van der Waals surface area contributed by atoms with Gasteiger partial charge in [-0.05, 0) is 31.9 Å². The lowest BCUT2D eigenvalue weighted by atomic mass is 10.1. The number of benzene rings is 1. The molecule has 1 saturated heterocycles. The van der Waals surface area contributed by atoms with Gasteiger partial charge in [-0.15, -0.1) is 0 Å². The van der Waals surface area contributed by atoms with E-state index in [-0.39, 0.29) is 5.91 Å². The van der Waals surface area contributed by atoms with E-state index in [0.717, 1.165) is 36.7 Å². The number of anilines is 1. The average Bonchev–Trinajstić information content (AvgIpc) is 3.30. The molecule has 8 heteroatoms. The molecule has 2 aromatic heterocycles. The second-order valence-corrected chi connectivity index (χ2v) is 7.60. The number of piperazine rings is 1. The maximum absolute atomic E-state index is 12.7. The van der Waals surface area contributed by atoms with Crippen LogP contribution in [0.5, 0.6) is 0 Å². The van der Waals surface area contributed by atoms with Crippen molar-refractivity contribution in [1.82, 2.24) is 25.0 Å². The monoisotopic (exact) mass is 407 g/mol. The number of aromatic amines is 1. The number of nitrogens with one attached hydrogen (secondary N) is 2. The highest BCUT2D eigenvalue weighted by atomic mass is 16.2. The highest BCUT2D eigenvalue weighted by Crippen LogP contribution is 2.22. The molecule has 30 heavy (non-hydrogen) atoms. The highest BCUT2D eigenvalue weighted by Gasteiger charge is 2.27. The summed E-state index contributed by atoms with van der Waals surface area (Å²) in [7, 11) is 1.86. The molecule has 0 atom stereocenters. The fraction of sp³-hybridized carbons (Fsp3) is 0.409. The first-order valence-corrected chi connectivity index (χ1v) is 10.4. The standard InChI is InChI=1S/C22H29N7O/c1-4-23-22(24-10-9-18-16(2)26-20-8-6-5-7-19(18)20)28-11-12-29(21(30)15-28)17-13-25-27(3)14-17/h5-8,13-14,26H,4,9-12,15H2,1-3H3,(H,23,24). The number of aromatic nitrogens is 3. The van der Waals surface area contributed by atoms with Crippen molar-refractivity contribution in [1.29, 1.82) is 0 Å². The summed E-state index contributed by atoms with van der Waals surface area (Å²) in [6.45, 7) is 7.26. The Bertz CT molecular complexity index is 1060. The van der Waals surface area contributed by atoms with Crippen molar-refractivity contribution < 1.29 is 4.79 Å². The lowest BCUT2D eigenvalue weighted by molar-refractivity contribution is -0.120. The molecular weight excluding hydrogens is 378 g/mol. The van der Waals surface area contributed by atoms with Crippen molar-refractivity contribution in [2.75, 3.05) is 37.6 Å². The molecule has 3 heterocycles. The predicted molar refractivity (Wildman–Crippen MR) is 120 cm³/mol. The molecule has 3 aromatic rings. The first-order valence-electron chi connectivity index (χ1n) is 10.4. The number of fused-ring (bicyclic) bond motifs is 1. The Morgan fingerprint density at radius 1 is 1.30 bits per heavy atom. The van der Waals surface area contributed by atoms with E-state index >= 15 is 0 Å². The van der Waals surface area contributed by atoms with E-state index < -0.39 is 0 Å². The zero-order chi connectivity index (χ0) is 21.1. The summed E-state index contributed by atoms with van der Waals surface area (Å²) in [5.41, 5.74) is 4.51. The number of aryl methyl sites for hydroxylation is 2. The van der Waals surface area contributed by atoms with Crippen molar-refractivity contribution in [3.63, 3.8) is 0 Å². The van der Waals surface area contributed by atoms with Crippen molar-refractivity contribution >= 4 is 28.5 Å². The summed E-state index contributed by atoms with van der Waals surface area (Å²) in [6, 6.07) is 8.37. The largest absolute Gasteiger partial charge is 0.358 e. The smallest absolute Gasteiger partial charge is 0.246 e. The van der Waals surface area contributed by atoms with E-state index in [2.05, 4.69) is 40.5 Å². The molecule has 1 aliphatic rings. The second-order valence-electron chi connectivity index (χ2n) is 7.60. The van der Waals surface area contributed by atoms with Gasteiger partial charge in [-0.25, -0.2) is 0 Å². The molecule has 2 N–H and O–H groups in total. The summed E-state index contributed by atoms with van der Waals surface area (Å²) >= 11 is 0. The van der Waals surface area contributed by atoms with Crippen molar-refractivity contribution in [3.8, 4) is 0 Å². The zero-order valence-electron chi connectivity index (χ0n) is 17.9. The first kappa shape index (κ1) is 20.0. The molecule has 0 unspecified atom stereocenters. The molecule has 0 aliphatic carbocycles. The van der Waals surface area contributed by atoms with Gasteiger partial charge in [0.05, 0.1) is 11.9 Å². The minimum absolute atomic E-state index is 0.0623. The number of carbonyl (C=O) groups excluding carboxylic acids is 1. The van der Waals surface area contributed by atoms with Crippen LogP contribution in [0, 0.1) is 6.92 Å². The quantitative estimate of drug-likeness (QED) is 0.501. The van der Waals surface area contributed by atoms with Crippen LogP contribution < -0.4 is 10.2 Å². The minimum Gasteiger partial charge on any atom is -0.358 e. The van der Waals surface area contributed by atoms with E-state index in [0.29, 0.717) is 19.6 Å². The molecule has 4 rings (SSSR count). The molecule has 0 radical (unpaired) electrons. The Hall–Kier alpha value is -3.29. The number of nitrogens with zero attached hydrogens (tertiary/aromatic N) is 5. The third kappa shape index (κ3) is 4.03. The number of para-hydroxylation sites is 1. The number of hydrogen-bond acceptors (Lipinski definition) is 3. The van der Waals surface area contributed by atoms with E-state index in [1.165, 1.54) is 16.6 Å². The fourth-order valence-electron chi connectivity index (χ4n) is 4.03. The van der Waals surface area contributed by atoms with Gasteiger partial charge < -0.3 is 20.1 Å². The van der Waals surface area contributed by atoms with Gasteiger partial charge in [0.1, 0.15) is 6.54 Å². The van der Waals surface area contributed by atoms with Crippen molar-refractivity contribution in [2.45, 2.75) is 20.3 Å². The molecule has 0 bridgehead atoms. The first-order chi connectivity index (χ1) is 14.6. The van der Waals surface area contributed by atoms with Crippen LogP contribution in [-0.4, -0.2) is 64.3 Å². The lowest BCUT2D eigenvalue weighted by Crippen LogP contribution is -2.55. The second kappa shape index (κ2) is 8.61.